The lowest BCUT2D eigenvalue weighted by molar-refractivity contribution is -0.000289. The summed E-state index contributed by atoms with van der Waals surface area (Å²) in [5, 5.41) is 0.799. The fraction of sp³-hybridized carbons (Fsp3) is 0.360. The highest BCUT2D eigenvalue weighted by Crippen LogP contribution is 2.35. The van der Waals surface area contributed by atoms with E-state index in [0.29, 0.717) is 36.1 Å². The SMILES string of the molecule is COc1ccc(-c2nc(C)c(C(=O)N3CCC(OCc4ccccc4)CC3)s2)cc1OC. The maximum absolute atomic E-state index is 13.2. The van der Waals surface area contributed by atoms with Crippen LogP contribution in [0.1, 0.15) is 33.8 Å². The Kier molecular flexibility index (Phi) is 7.07. The van der Waals surface area contributed by atoms with Gasteiger partial charge in [-0.05, 0) is 43.5 Å². The van der Waals surface area contributed by atoms with E-state index < -0.39 is 0 Å². The van der Waals surface area contributed by atoms with Crippen molar-refractivity contribution in [3.8, 4) is 22.1 Å². The van der Waals surface area contributed by atoms with Gasteiger partial charge in [-0.25, -0.2) is 4.98 Å². The van der Waals surface area contributed by atoms with E-state index in [1.807, 2.05) is 48.2 Å². The highest BCUT2D eigenvalue weighted by Gasteiger charge is 2.27. The Balaban J connectivity index is 1.39. The van der Waals surface area contributed by atoms with E-state index in [9.17, 15) is 4.79 Å². The third-order valence-electron chi connectivity index (χ3n) is 5.68. The zero-order chi connectivity index (χ0) is 22.5. The number of thiazole rings is 1. The van der Waals surface area contributed by atoms with E-state index >= 15 is 0 Å². The van der Waals surface area contributed by atoms with E-state index in [4.69, 9.17) is 14.2 Å². The molecule has 0 aliphatic carbocycles. The van der Waals surface area contributed by atoms with Crippen LogP contribution in [0.4, 0.5) is 0 Å². The van der Waals surface area contributed by atoms with Crippen LogP contribution in [0.2, 0.25) is 0 Å². The van der Waals surface area contributed by atoms with Gasteiger partial charge in [0.2, 0.25) is 0 Å². The maximum Gasteiger partial charge on any atom is 0.265 e. The van der Waals surface area contributed by atoms with Crippen LogP contribution >= 0.6 is 11.3 Å². The van der Waals surface area contributed by atoms with Gasteiger partial charge in [-0.3, -0.25) is 4.79 Å². The molecule has 4 rings (SSSR count). The average molecular weight is 453 g/mol. The lowest BCUT2D eigenvalue weighted by atomic mass is 10.1. The third-order valence-corrected chi connectivity index (χ3v) is 6.87. The Hall–Kier alpha value is -2.90. The number of amides is 1. The molecule has 1 aliphatic heterocycles. The van der Waals surface area contributed by atoms with Crippen LogP contribution in [0.5, 0.6) is 11.5 Å². The second kappa shape index (κ2) is 10.1. The summed E-state index contributed by atoms with van der Waals surface area (Å²) in [6.07, 6.45) is 1.88. The van der Waals surface area contributed by atoms with Crippen molar-refractivity contribution < 1.29 is 19.0 Å². The molecule has 32 heavy (non-hydrogen) atoms. The maximum atomic E-state index is 13.2. The number of ether oxygens (including phenoxy) is 3. The molecule has 7 heteroatoms. The van der Waals surface area contributed by atoms with Gasteiger partial charge in [0, 0.05) is 18.7 Å². The van der Waals surface area contributed by atoms with Crippen LogP contribution in [0.3, 0.4) is 0 Å². The number of carbonyl (C=O) groups is 1. The molecule has 0 unspecified atom stereocenters. The molecular formula is C25H28N2O4S. The summed E-state index contributed by atoms with van der Waals surface area (Å²) in [5.74, 6) is 1.36. The first kappa shape index (κ1) is 22.3. The minimum atomic E-state index is 0.0493. The molecule has 0 radical (unpaired) electrons. The number of rotatable bonds is 7. The molecule has 3 aromatic rings. The van der Waals surface area contributed by atoms with E-state index in [1.165, 1.54) is 16.9 Å². The molecule has 0 bridgehead atoms. The van der Waals surface area contributed by atoms with Crippen molar-refractivity contribution in [3.05, 3.63) is 64.7 Å². The summed E-state index contributed by atoms with van der Waals surface area (Å²) in [5.41, 5.74) is 2.84. The number of aromatic nitrogens is 1. The van der Waals surface area contributed by atoms with E-state index in [-0.39, 0.29) is 12.0 Å². The number of likely N-dealkylation sites (tertiary alicyclic amines) is 1. The predicted octanol–water partition coefficient (Wildman–Crippen LogP) is 4.96. The van der Waals surface area contributed by atoms with E-state index in [1.54, 1.807) is 14.2 Å². The molecule has 0 saturated carbocycles. The predicted molar refractivity (Wildman–Crippen MR) is 126 cm³/mol. The average Bonchev–Trinajstić information content (AvgIpc) is 3.24. The van der Waals surface area contributed by atoms with Crippen molar-refractivity contribution in [2.75, 3.05) is 27.3 Å². The highest BCUT2D eigenvalue weighted by atomic mass is 32.1. The fourth-order valence-corrected chi connectivity index (χ4v) is 4.88. The van der Waals surface area contributed by atoms with E-state index in [2.05, 4.69) is 17.1 Å². The largest absolute Gasteiger partial charge is 0.493 e. The minimum absolute atomic E-state index is 0.0493. The van der Waals surface area contributed by atoms with Crippen LogP contribution in [0, 0.1) is 6.92 Å². The lowest BCUT2D eigenvalue weighted by Crippen LogP contribution is -2.40. The molecular weight excluding hydrogens is 424 g/mol. The van der Waals surface area contributed by atoms with Crippen LogP contribution < -0.4 is 9.47 Å². The Labute approximate surface area is 192 Å². The first-order valence-electron chi connectivity index (χ1n) is 10.7. The molecule has 1 amide bonds. The molecule has 1 aliphatic rings. The standard InChI is InChI=1S/C25H28N2O4S/c1-17-23(32-24(26-17)19-9-10-21(29-2)22(15-19)30-3)25(28)27-13-11-20(12-14-27)31-16-18-7-5-4-6-8-18/h4-10,15,20H,11-14,16H2,1-3H3. The van der Waals surface area contributed by atoms with Gasteiger partial charge < -0.3 is 19.1 Å². The Morgan fingerprint density at radius 2 is 1.78 bits per heavy atom. The van der Waals surface area contributed by atoms with Gasteiger partial charge in [-0.15, -0.1) is 11.3 Å². The first-order valence-corrected chi connectivity index (χ1v) is 11.6. The Morgan fingerprint density at radius 3 is 2.47 bits per heavy atom. The number of hydrogen-bond donors (Lipinski definition) is 0. The molecule has 1 fully saturated rings. The van der Waals surface area contributed by atoms with Gasteiger partial charge in [-0.1, -0.05) is 30.3 Å². The number of methoxy groups -OCH3 is 2. The molecule has 6 nitrogen and oxygen atoms in total. The topological polar surface area (TPSA) is 60.9 Å². The number of carbonyl (C=O) groups excluding carboxylic acids is 1. The number of benzene rings is 2. The molecule has 168 valence electrons. The van der Waals surface area contributed by atoms with Crippen LogP contribution in [-0.4, -0.2) is 49.2 Å². The molecule has 0 atom stereocenters. The number of piperidine rings is 1. The molecule has 1 saturated heterocycles. The summed E-state index contributed by atoms with van der Waals surface area (Å²) in [6.45, 7) is 3.90. The number of hydrogen-bond acceptors (Lipinski definition) is 6. The Bertz CT molecular complexity index is 1060. The fourth-order valence-electron chi connectivity index (χ4n) is 3.85. The third kappa shape index (κ3) is 4.95. The van der Waals surface area contributed by atoms with Crippen molar-refractivity contribution in [2.45, 2.75) is 32.5 Å². The zero-order valence-corrected chi connectivity index (χ0v) is 19.5. The molecule has 2 heterocycles. The second-order valence-electron chi connectivity index (χ2n) is 7.79. The normalized spacial score (nSPS) is 14.4. The first-order chi connectivity index (χ1) is 15.6. The summed E-state index contributed by atoms with van der Waals surface area (Å²) >= 11 is 1.43. The number of nitrogens with zero attached hydrogens (tertiary/aromatic N) is 2. The van der Waals surface area contributed by atoms with Gasteiger partial charge in [0.05, 0.1) is 32.6 Å². The van der Waals surface area contributed by atoms with Gasteiger partial charge in [0.1, 0.15) is 9.88 Å². The van der Waals surface area contributed by atoms with Crippen LogP contribution in [0.25, 0.3) is 10.6 Å². The summed E-state index contributed by atoms with van der Waals surface area (Å²) in [6, 6.07) is 15.9. The van der Waals surface area contributed by atoms with Crippen molar-refractivity contribution in [2.24, 2.45) is 0 Å². The molecule has 0 N–H and O–H groups in total. The van der Waals surface area contributed by atoms with Crippen molar-refractivity contribution in [3.63, 3.8) is 0 Å². The minimum Gasteiger partial charge on any atom is -0.493 e. The van der Waals surface area contributed by atoms with Crippen molar-refractivity contribution >= 4 is 17.2 Å². The molecule has 1 aromatic heterocycles. The van der Waals surface area contributed by atoms with Crippen molar-refractivity contribution in [1.29, 1.82) is 0 Å². The van der Waals surface area contributed by atoms with Crippen molar-refractivity contribution in [1.82, 2.24) is 9.88 Å². The highest BCUT2D eigenvalue weighted by molar-refractivity contribution is 7.17. The quantitative estimate of drug-likeness (QED) is 0.507. The van der Waals surface area contributed by atoms with Gasteiger partial charge in [-0.2, -0.15) is 0 Å². The molecule has 0 spiro atoms. The van der Waals surface area contributed by atoms with Crippen LogP contribution in [-0.2, 0) is 11.3 Å². The zero-order valence-electron chi connectivity index (χ0n) is 18.7. The molecule has 2 aromatic carbocycles. The monoisotopic (exact) mass is 452 g/mol. The van der Waals surface area contributed by atoms with Gasteiger partial charge >= 0.3 is 0 Å². The lowest BCUT2D eigenvalue weighted by Gasteiger charge is -2.31. The summed E-state index contributed by atoms with van der Waals surface area (Å²) < 4.78 is 16.8. The van der Waals surface area contributed by atoms with Gasteiger partial charge in [0.15, 0.2) is 11.5 Å². The summed E-state index contributed by atoms with van der Waals surface area (Å²) in [4.78, 5) is 20.5. The smallest absolute Gasteiger partial charge is 0.265 e. The summed E-state index contributed by atoms with van der Waals surface area (Å²) in [7, 11) is 3.22. The number of aryl methyl sites for hydroxylation is 1. The van der Waals surface area contributed by atoms with Gasteiger partial charge in [0.25, 0.3) is 5.91 Å². The van der Waals surface area contributed by atoms with E-state index in [0.717, 1.165) is 29.1 Å². The Morgan fingerprint density at radius 1 is 1.06 bits per heavy atom. The second-order valence-corrected chi connectivity index (χ2v) is 8.79. The van der Waals surface area contributed by atoms with Crippen LogP contribution in [0.15, 0.2) is 48.5 Å².